The summed E-state index contributed by atoms with van der Waals surface area (Å²) in [4.78, 5) is 6.68. The number of pyridine rings is 1. The quantitative estimate of drug-likeness (QED) is 0.225. The maximum absolute atomic E-state index is 13.5. The van der Waals surface area contributed by atoms with E-state index in [0.717, 1.165) is 17.7 Å². The van der Waals surface area contributed by atoms with Crippen molar-refractivity contribution in [2.24, 2.45) is 7.05 Å². The number of fused-ring (bicyclic) bond motifs is 1. The average Bonchev–Trinajstić information content (AvgIpc) is 3.62. The van der Waals surface area contributed by atoms with Gasteiger partial charge in [-0.15, -0.1) is 0 Å². The summed E-state index contributed by atoms with van der Waals surface area (Å²) in [5.74, 6) is -3.94. The van der Waals surface area contributed by atoms with Crippen LogP contribution in [0, 0.1) is 5.82 Å². The first-order valence-corrected chi connectivity index (χ1v) is 15.6. The third-order valence-electron chi connectivity index (χ3n) is 8.26. The normalized spacial score (nSPS) is 17.9. The van der Waals surface area contributed by atoms with E-state index in [1.54, 1.807) is 31.0 Å². The molecule has 0 radical (unpaired) electrons. The fourth-order valence-electron chi connectivity index (χ4n) is 5.52. The summed E-state index contributed by atoms with van der Waals surface area (Å²) >= 11 is 0. The number of sulfonamides is 1. The average molecular weight is 641 g/mol. The minimum Gasteiger partial charge on any atom is -0.484 e. The Morgan fingerprint density at radius 2 is 1.82 bits per heavy atom. The van der Waals surface area contributed by atoms with Crippen LogP contribution < -0.4 is 15.2 Å². The molecule has 1 aliphatic rings. The highest BCUT2D eigenvalue weighted by Crippen LogP contribution is 2.40. The maximum atomic E-state index is 13.5. The molecule has 236 valence electrons. The summed E-state index contributed by atoms with van der Waals surface area (Å²) in [5.41, 5.74) is 9.94. The number of anilines is 2. The molecule has 6 rings (SSSR count). The van der Waals surface area contributed by atoms with Gasteiger partial charge in [-0.1, -0.05) is 18.2 Å². The van der Waals surface area contributed by atoms with Crippen molar-refractivity contribution in [1.82, 2.24) is 29.4 Å². The number of likely N-dealkylation sites (tertiary alicyclic amines) is 1. The van der Waals surface area contributed by atoms with Gasteiger partial charge in [-0.05, 0) is 50.7 Å². The number of benzene rings is 2. The van der Waals surface area contributed by atoms with Gasteiger partial charge >= 0.3 is 5.76 Å². The fraction of sp³-hybridized carbons (Fsp3) is 0.300. The number of nitrogens with one attached hydrogen (secondary N) is 1. The lowest BCUT2D eigenvalue weighted by Gasteiger charge is -2.43. The molecule has 3 aromatic heterocycles. The van der Waals surface area contributed by atoms with Gasteiger partial charge in [-0.25, -0.2) is 17.8 Å². The fourth-order valence-corrected chi connectivity index (χ4v) is 6.09. The van der Waals surface area contributed by atoms with E-state index in [4.69, 9.17) is 15.6 Å². The second kappa shape index (κ2) is 11.4. The number of likely N-dealkylation sites (N-methyl/N-ethyl adjacent to an activating group) is 1. The highest BCUT2D eigenvalue weighted by Gasteiger charge is 2.34. The number of hydrogen-bond acceptors (Lipinski definition) is 8. The van der Waals surface area contributed by atoms with Gasteiger partial charge in [0, 0.05) is 48.7 Å². The third-order valence-corrected chi connectivity index (χ3v) is 9.23. The predicted molar refractivity (Wildman–Crippen MR) is 165 cm³/mol. The molecule has 0 bridgehead atoms. The van der Waals surface area contributed by atoms with Crippen molar-refractivity contribution in [2.75, 3.05) is 24.0 Å². The summed E-state index contributed by atoms with van der Waals surface area (Å²) < 4.78 is 75.8. The van der Waals surface area contributed by atoms with E-state index < -0.39 is 27.7 Å². The van der Waals surface area contributed by atoms with Crippen molar-refractivity contribution in [1.29, 1.82) is 0 Å². The SMILES string of the molecule is CC1C(n2cc(-c3cnc(N)c4c(-c5ccc(NS(=O)(=O)C(F)F)c(O[C@@H](C)c6ccc(F)cc6)c5)nn(C)c34)cn2)CN1C. The molecule has 1 fully saturated rings. The van der Waals surface area contributed by atoms with Crippen LogP contribution in [-0.4, -0.2) is 63.3 Å². The third kappa shape index (κ3) is 5.57. The van der Waals surface area contributed by atoms with Gasteiger partial charge in [0.05, 0.1) is 28.8 Å². The van der Waals surface area contributed by atoms with Gasteiger partial charge in [-0.3, -0.25) is 19.0 Å². The van der Waals surface area contributed by atoms with Crippen molar-refractivity contribution in [2.45, 2.75) is 37.8 Å². The molecule has 11 nitrogen and oxygen atoms in total. The van der Waals surface area contributed by atoms with E-state index in [0.29, 0.717) is 33.8 Å². The number of halogens is 3. The van der Waals surface area contributed by atoms with Gasteiger partial charge in [0.25, 0.3) is 10.0 Å². The van der Waals surface area contributed by atoms with Crippen LogP contribution in [0.15, 0.2) is 61.1 Å². The molecule has 5 aromatic rings. The highest BCUT2D eigenvalue weighted by atomic mass is 32.2. The second-order valence-corrected chi connectivity index (χ2v) is 12.8. The van der Waals surface area contributed by atoms with Gasteiger partial charge < -0.3 is 10.5 Å². The smallest absolute Gasteiger partial charge is 0.355 e. The molecule has 3 atom stereocenters. The maximum Gasteiger partial charge on any atom is 0.355 e. The van der Waals surface area contributed by atoms with E-state index in [-0.39, 0.29) is 23.3 Å². The summed E-state index contributed by atoms with van der Waals surface area (Å²) in [6.45, 7) is 4.70. The van der Waals surface area contributed by atoms with Crippen LogP contribution >= 0.6 is 0 Å². The Morgan fingerprint density at radius 3 is 2.49 bits per heavy atom. The molecule has 1 aliphatic heterocycles. The van der Waals surface area contributed by atoms with Gasteiger partial charge in [0.15, 0.2) is 0 Å². The Bertz CT molecular complexity index is 2000. The molecular formula is C30H31F3N8O3S. The lowest BCUT2D eigenvalue weighted by atomic mass is 9.99. The number of hydrogen-bond donors (Lipinski definition) is 2. The van der Waals surface area contributed by atoms with Crippen LogP contribution in [0.5, 0.6) is 5.75 Å². The number of ether oxygens (including phenoxy) is 1. The van der Waals surface area contributed by atoms with Crippen molar-refractivity contribution >= 4 is 32.4 Å². The molecule has 45 heavy (non-hydrogen) atoms. The molecule has 1 saturated heterocycles. The van der Waals surface area contributed by atoms with Crippen LogP contribution in [0.1, 0.15) is 31.6 Å². The first kappa shape index (κ1) is 30.4. The zero-order valence-electron chi connectivity index (χ0n) is 24.8. The number of alkyl halides is 2. The van der Waals surface area contributed by atoms with Crippen LogP contribution in [0.3, 0.4) is 0 Å². The summed E-state index contributed by atoms with van der Waals surface area (Å²) in [7, 11) is -1.18. The number of aromatic nitrogens is 5. The molecule has 0 saturated carbocycles. The lowest BCUT2D eigenvalue weighted by Crippen LogP contribution is -2.52. The molecule has 0 amide bonds. The Morgan fingerprint density at radius 1 is 1.09 bits per heavy atom. The number of aryl methyl sites for hydroxylation is 1. The number of nitrogens with zero attached hydrogens (tertiary/aromatic N) is 6. The first-order valence-electron chi connectivity index (χ1n) is 14.1. The molecular weight excluding hydrogens is 609 g/mol. The highest BCUT2D eigenvalue weighted by molar-refractivity contribution is 7.93. The van der Waals surface area contributed by atoms with Crippen molar-refractivity contribution in [3.05, 3.63) is 72.4 Å². The lowest BCUT2D eigenvalue weighted by molar-refractivity contribution is 0.0553. The van der Waals surface area contributed by atoms with E-state index in [1.165, 1.54) is 42.5 Å². The van der Waals surface area contributed by atoms with Crippen LogP contribution in [0.4, 0.5) is 24.7 Å². The van der Waals surface area contributed by atoms with E-state index >= 15 is 0 Å². The standard InChI is InChI=1S/C30H31F3N8O3S/c1-16-24(15-39(16)3)41-14-20(12-36-41)22-13-35-29(34)26-27(37-40(4)28(22)26)19-7-10-23(38-45(42,43)30(32)33)25(11-19)44-17(2)18-5-8-21(31)9-6-18/h5-14,16-17,24,30,38H,15H2,1-4H3,(H2,34,35)/t16?,17-,24?/m0/s1. The predicted octanol–water partition coefficient (Wildman–Crippen LogP) is 5.20. The van der Waals surface area contributed by atoms with Crippen molar-refractivity contribution < 1.29 is 26.3 Å². The Labute approximate surface area is 257 Å². The van der Waals surface area contributed by atoms with Crippen molar-refractivity contribution in [3.8, 4) is 28.1 Å². The topological polar surface area (TPSA) is 133 Å². The Hall–Kier alpha value is -4.63. The van der Waals surface area contributed by atoms with E-state index in [1.807, 2.05) is 15.6 Å². The minimum absolute atomic E-state index is 0.0455. The number of nitrogens with two attached hydrogens (primary N) is 1. The van der Waals surface area contributed by atoms with E-state index in [2.05, 4.69) is 29.0 Å². The summed E-state index contributed by atoms with van der Waals surface area (Å²) in [6.07, 6.45) is 4.71. The molecule has 15 heteroatoms. The first-order chi connectivity index (χ1) is 21.3. The van der Waals surface area contributed by atoms with Crippen LogP contribution in [-0.2, 0) is 17.1 Å². The van der Waals surface area contributed by atoms with E-state index in [9.17, 15) is 21.6 Å². The monoisotopic (exact) mass is 640 g/mol. The molecule has 2 aromatic carbocycles. The van der Waals surface area contributed by atoms with Crippen LogP contribution in [0.2, 0.25) is 0 Å². The van der Waals surface area contributed by atoms with Gasteiger partial charge in [0.1, 0.15) is 29.2 Å². The Balaban J connectivity index is 1.43. The van der Waals surface area contributed by atoms with Crippen molar-refractivity contribution in [3.63, 3.8) is 0 Å². The Kier molecular flexibility index (Phi) is 7.69. The zero-order valence-corrected chi connectivity index (χ0v) is 25.6. The summed E-state index contributed by atoms with van der Waals surface area (Å²) in [6, 6.07) is 10.5. The van der Waals surface area contributed by atoms with Gasteiger partial charge in [0.2, 0.25) is 0 Å². The molecule has 3 N–H and O–H groups in total. The zero-order chi connectivity index (χ0) is 32.2. The molecule has 0 spiro atoms. The largest absolute Gasteiger partial charge is 0.484 e. The minimum atomic E-state index is -5.01. The molecule has 2 unspecified atom stereocenters. The summed E-state index contributed by atoms with van der Waals surface area (Å²) in [5, 5.41) is 9.86. The van der Waals surface area contributed by atoms with Gasteiger partial charge in [-0.2, -0.15) is 19.0 Å². The number of rotatable bonds is 9. The number of nitrogen functional groups attached to an aromatic ring is 1. The second-order valence-electron chi connectivity index (χ2n) is 11.1. The van der Waals surface area contributed by atoms with Crippen LogP contribution in [0.25, 0.3) is 33.3 Å². The molecule has 4 heterocycles. The molecule has 0 aliphatic carbocycles.